The summed E-state index contributed by atoms with van der Waals surface area (Å²) < 4.78 is 5.46. The number of allylic oxidation sites excluding steroid dienone is 2. The predicted octanol–water partition coefficient (Wildman–Crippen LogP) is 3.16. The summed E-state index contributed by atoms with van der Waals surface area (Å²) in [4.78, 5) is 11.5. The van der Waals surface area contributed by atoms with Crippen LogP contribution in [-0.2, 0) is 9.53 Å². The monoisotopic (exact) mass is 345 g/mol. The van der Waals surface area contributed by atoms with Crippen LogP contribution in [0.2, 0.25) is 0 Å². The highest BCUT2D eigenvalue weighted by molar-refractivity contribution is 5.67. The zero-order valence-corrected chi connectivity index (χ0v) is 15.6. The van der Waals surface area contributed by atoms with Gasteiger partial charge in [0.2, 0.25) is 0 Å². The number of aliphatic hydroxyl groups is 1. The first-order valence-electron chi connectivity index (χ1n) is 9.79. The standard InChI is InChI=1S/C21H31NO3/c1-12(23)25-18-11-17-15-5-4-13-10-14(24)6-8-20(13,2)16(15)7-9-21(17,3)19(18)22/h6,8,11,13-17,19,24H,4-5,7,9-10,22H2,1-3H3/t13?,14-,15+,16-,17-,19-,20-,21-/m0/s1. The molecule has 1 unspecified atom stereocenters. The molecule has 2 saturated carbocycles. The second-order valence-corrected chi connectivity index (χ2v) is 9.28. The van der Waals surface area contributed by atoms with Crippen LogP contribution in [0.5, 0.6) is 0 Å². The van der Waals surface area contributed by atoms with Gasteiger partial charge in [0.15, 0.2) is 0 Å². The Morgan fingerprint density at radius 2 is 2.08 bits per heavy atom. The molecule has 0 bridgehead atoms. The first-order valence-corrected chi connectivity index (χ1v) is 9.79. The number of ether oxygens (including phenoxy) is 1. The molecule has 0 radical (unpaired) electrons. The molecule has 8 atom stereocenters. The van der Waals surface area contributed by atoms with E-state index in [1.165, 1.54) is 19.8 Å². The van der Waals surface area contributed by atoms with Crippen molar-refractivity contribution in [1.29, 1.82) is 0 Å². The minimum absolute atomic E-state index is 0.00690. The lowest BCUT2D eigenvalue weighted by Gasteiger charge is -2.59. The lowest BCUT2D eigenvalue weighted by Crippen LogP contribution is -2.54. The van der Waals surface area contributed by atoms with Gasteiger partial charge in [0, 0.05) is 6.92 Å². The van der Waals surface area contributed by atoms with E-state index in [1.54, 1.807) is 0 Å². The first kappa shape index (κ1) is 17.3. The molecule has 4 rings (SSSR count). The highest BCUT2D eigenvalue weighted by atomic mass is 16.5. The van der Waals surface area contributed by atoms with Gasteiger partial charge in [0.25, 0.3) is 0 Å². The van der Waals surface area contributed by atoms with E-state index in [2.05, 4.69) is 26.0 Å². The first-order chi connectivity index (χ1) is 11.8. The molecule has 4 nitrogen and oxygen atoms in total. The van der Waals surface area contributed by atoms with Crippen molar-refractivity contribution < 1.29 is 14.6 Å². The molecule has 0 aromatic carbocycles. The summed E-state index contributed by atoms with van der Waals surface area (Å²) >= 11 is 0. The minimum atomic E-state index is -0.279. The zero-order valence-electron chi connectivity index (χ0n) is 15.6. The maximum absolute atomic E-state index is 11.5. The zero-order chi connectivity index (χ0) is 18.0. The van der Waals surface area contributed by atoms with E-state index >= 15 is 0 Å². The van der Waals surface area contributed by atoms with Crippen LogP contribution in [0.25, 0.3) is 0 Å². The fourth-order valence-electron chi connectivity index (χ4n) is 6.61. The van der Waals surface area contributed by atoms with Gasteiger partial charge >= 0.3 is 5.97 Å². The van der Waals surface area contributed by atoms with Crippen molar-refractivity contribution in [3.05, 3.63) is 24.0 Å². The third-order valence-electron chi connectivity index (χ3n) is 8.09. The summed E-state index contributed by atoms with van der Waals surface area (Å²) in [6.07, 6.45) is 11.7. The largest absolute Gasteiger partial charge is 0.430 e. The second kappa shape index (κ2) is 5.68. The quantitative estimate of drug-likeness (QED) is 0.565. The van der Waals surface area contributed by atoms with Crippen LogP contribution in [-0.4, -0.2) is 23.2 Å². The molecule has 4 heteroatoms. The molecule has 0 aromatic heterocycles. The molecular formula is C21H31NO3. The van der Waals surface area contributed by atoms with Crippen molar-refractivity contribution in [3.63, 3.8) is 0 Å². The van der Waals surface area contributed by atoms with Crippen LogP contribution in [0.15, 0.2) is 24.0 Å². The van der Waals surface area contributed by atoms with Crippen LogP contribution in [0, 0.1) is 34.5 Å². The Kier molecular flexibility index (Phi) is 3.93. The number of esters is 1. The molecule has 3 N–H and O–H groups in total. The molecule has 0 spiro atoms. The third kappa shape index (κ3) is 2.44. The summed E-state index contributed by atoms with van der Waals surface area (Å²) in [6.45, 7) is 6.12. The van der Waals surface area contributed by atoms with Crippen molar-refractivity contribution in [2.75, 3.05) is 0 Å². The Morgan fingerprint density at radius 3 is 2.80 bits per heavy atom. The van der Waals surface area contributed by atoms with E-state index < -0.39 is 0 Å². The number of carbonyl (C=O) groups is 1. The molecular weight excluding hydrogens is 314 g/mol. The molecule has 0 amide bonds. The predicted molar refractivity (Wildman–Crippen MR) is 96.2 cm³/mol. The molecule has 0 heterocycles. The maximum Gasteiger partial charge on any atom is 0.307 e. The normalized spacial score (nSPS) is 51.2. The van der Waals surface area contributed by atoms with Crippen LogP contribution in [0.1, 0.15) is 52.9 Å². The molecule has 138 valence electrons. The number of nitrogens with two attached hydrogens (primary N) is 1. The lowest BCUT2D eigenvalue weighted by molar-refractivity contribution is -0.137. The van der Waals surface area contributed by atoms with Crippen LogP contribution in [0.4, 0.5) is 0 Å². The van der Waals surface area contributed by atoms with E-state index in [4.69, 9.17) is 10.5 Å². The lowest BCUT2D eigenvalue weighted by atomic mass is 9.46. The number of hydrogen-bond donors (Lipinski definition) is 2. The van der Waals surface area contributed by atoms with Gasteiger partial charge in [-0.15, -0.1) is 0 Å². The van der Waals surface area contributed by atoms with Crippen molar-refractivity contribution in [3.8, 4) is 0 Å². The fraction of sp³-hybridized carbons (Fsp3) is 0.762. The highest BCUT2D eigenvalue weighted by Crippen LogP contribution is 2.64. The molecule has 4 aliphatic carbocycles. The van der Waals surface area contributed by atoms with Crippen molar-refractivity contribution in [2.45, 2.75) is 65.0 Å². The fourth-order valence-corrected chi connectivity index (χ4v) is 6.61. The molecule has 2 fully saturated rings. The van der Waals surface area contributed by atoms with Crippen LogP contribution < -0.4 is 5.73 Å². The topological polar surface area (TPSA) is 72.5 Å². The van der Waals surface area contributed by atoms with E-state index in [9.17, 15) is 9.90 Å². The number of hydrogen-bond acceptors (Lipinski definition) is 4. The van der Waals surface area contributed by atoms with Crippen molar-refractivity contribution in [1.82, 2.24) is 0 Å². The summed E-state index contributed by atoms with van der Waals surface area (Å²) in [5, 5.41) is 10.0. The van der Waals surface area contributed by atoms with Gasteiger partial charge in [-0.3, -0.25) is 4.79 Å². The molecule has 0 aromatic rings. The Balaban J connectivity index is 1.67. The van der Waals surface area contributed by atoms with E-state index in [0.29, 0.717) is 29.4 Å². The SMILES string of the molecule is CC(=O)OC1=C[C@H]2[C@@H]3CCC4C[C@@H](O)C=C[C@]4(C)[C@H]3CC[C@]2(C)[C@H]1N. The Bertz CT molecular complexity index is 641. The summed E-state index contributed by atoms with van der Waals surface area (Å²) in [6, 6.07) is -0.184. The molecule has 0 aliphatic heterocycles. The number of rotatable bonds is 1. The summed E-state index contributed by atoms with van der Waals surface area (Å²) in [5.74, 6) is 2.56. The number of fused-ring (bicyclic) bond motifs is 5. The Labute approximate surface area is 150 Å². The van der Waals surface area contributed by atoms with Gasteiger partial charge in [-0.25, -0.2) is 0 Å². The second-order valence-electron chi connectivity index (χ2n) is 9.28. The summed E-state index contributed by atoms with van der Waals surface area (Å²) in [7, 11) is 0. The van der Waals surface area contributed by atoms with Crippen LogP contribution in [0.3, 0.4) is 0 Å². The van der Waals surface area contributed by atoms with Gasteiger partial charge in [0.05, 0.1) is 12.1 Å². The molecule has 25 heavy (non-hydrogen) atoms. The van der Waals surface area contributed by atoms with Crippen LogP contribution >= 0.6 is 0 Å². The number of aliphatic hydroxyl groups excluding tert-OH is 1. The van der Waals surface area contributed by atoms with E-state index in [-0.39, 0.29) is 28.9 Å². The smallest absolute Gasteiger partial charge is 0.307 e. The van der Waals surface area contributed by atoms with Gasteiger partial charge in [0.1, 0.15) is 5.76 Å². The summed E-state index contributed by atoms with van der Waals surface area (Å²) in [5.41, 5.74) is 6.69. The highest BCUT2D eigenvalue weighted by Gasteiger charge is 2.59. The minimum Gasteiger partial charge on any atom is -0.430 e. The van der Waals surface area contributed by atoms with Gasteiger partial charge < -0.3 is 15.6 Å². The van der Waals surface area contributed by atoms with Crippen molar-refractivity contribution in [2.24, 2.45) is 40.2 Å². The van der Waals surface area contributed by atoms with E-state index in [0.717, 1.165) is 19.3 Å². The molecule has 4 aliphatic rings. The third-order valence-corrected chi connectivity index (χ3v) is 8.09. The average molecular weight is 345 g/mol. The van der Waals surface area contributed by atoms with Gasteiger partial charge in [-0.1, -0.05) is 26.0 Å². The maximum atomic E-state index is 11.5. The van der Waals surface area contributed by atoms with Gasteiger partial charge in [-0.2, -0.15) is 0 Å². The van der Waals surface area contributed by atoms with Crippen molar-refractivity contribution >= 4 is 5.97 Å². The molecule has 0 saturated heterocycles. The van der Waals surface area contributed by atoms with Gasteiger partial charge in [-0.05, 0) is 72.7 Å². The Hall–Kier alpha value is -1.13. The average Bonchev–Trinajstić information content (AvgIpc) is 2.79. The van der Waals surface area contributed by atoms with E-state index in [1.807, 2.05) is 6.08 Å². The Morgan fingerprint density at radius 1 is 1.32 bits per heavy atom. The number of carbonyl (C=O) groups excluding carboxylic acids is 1.